The van der Waals surface area contributed by atoms with E-state index in [-0.39, 0.29) is 18.4 Å². The number of para-hydroxylation sites is 1. The van der Waals surface area contributed by atoms with Crippen molar-refractivity contribution in [1.82, 2.24) is 5.32 Å². The zero-order chi connectivity index (χ0) is 18.9. The summed E-state index contributed by atoms with van der Waals surface area (Å²) in [5.74, 6) is 1.54. The van der Waals surface area contributed by atoms with Gasteiger partial charge in [0.15, 0.2) is 17.3 Å². The molecule has 0 aliphatic heterocycles. The Morgan fingerprint density at radius 2 is 1.73 bits per heavy atom. The lowest BCUT2D eigenvalue weighted by atomic mass is 10.1. The average Bonchev–Trinajstić information content (AvgIpc) is 2.65. The predicted molar refractivity (Wildman–Crippen MR) is 98.5 cm³/mol. The summed E-state index contributed by atoms with van der Waals surface area (Å²) in [4.78, 5) is 23.3. The molecule has 26 heavy (non-hydrogen) atoms. The predicted octanol–water partition coefficient (Wildman–Crippen LogP) is 3.11. The number of ketones is 1. The molecule has 2 rings (SSSR count). The fourth-order valence-corrected chi connectivity index (χ4v) is 2.29. The monoisotopic (exact) mass is 358 g/mol. The molecule has 2 amide bonds. The van der Waals surface area contributed by atoms with Gasteiger partial charge < -0.3 is 24.8 Å². The molecule has 138 valence electrons. The van der Waals surface area contributed by atoms with Gasteiger partial charge in [-0.2, -0.15) is 0 Å². The second kappa shape index (κ2) is 9.31. The van der Waals surface area contributed by atoms with Crippen LogP contribution in [0.1, 0.15) is 17.3 Å². The zero-order valence-corrected chi connectivity index (χ0v) is 15.0. The number of methoxy groups -OCH3 is 2. The first-order chi connectivity index (χ1) is 12.5. The lowest BCUT2D eigenvalue weighted by Crippen LogP contribution is -2.32. The molecule has 7 heteroatoms. The lowest BCUT2D eigenvalue weighted by Gasteiger charge is -2.14. The fourth-order valence-electron chi connectivity index (χ4n) is 2.29. The van der Waals surface area contributed by atoms with Crippen molar-refractivity contribution >= 4 is 17.5 Å². The summed E-state index contributed by atoms with van der Waals surface area (Å²) in [5, 5.41) is 5.36. The first-order valence-corrected chi connectivity index (χ1v) is 8.04. The van der Waals surface area contributed by atoms with Gasteiger partial charge in [-0.1, -0.05) is 18.2 Å². The smallest absolute Gasteiger partial charge is 0.319 e. The maximum absolute atomic E-state index is 11.9. The van der Waals surface area contributed by atoms with Crippen molar-refractivity contribution in [3.05, 3.63) is 48.0 Å². The molecule has 0 aliphatic carbocycles. The van der Waals surface area contributed by atoms with Gasteiger partial charge in [-0.3, -0.25) is 4.79 Å². The molecule has 0 saturated heterocycles. The quantitative estimate of drug-likeness (QED) is 0.559. The Hall–Kier alpha value is -3.22. The Balaban J connectivity index is 1.82. The number of hydrogen-bond acceptors (Lipinski definition) is 5. The van der Waals surface area contributed by atoms with E-state index in [2.05, 4.69) is 10.6 Å². The summed E-state index contributed by atoms with van der Waals surface area (Å²) in [6, 6.07) is 11.7. The van der Waals surface area contributed by atoms with Crippen LogP contribution in [-0.2, 0) is 0 Å². The molecule has 0 saturated carbocycles. The summed E-state index contributed by atoms with van der Waals surface area (Å²) in [6.07, 6.45) is 0. The first kappa shape index (κ1) is 19.1. The number of carbonyl (C=O) groups excluding carboxylic acids is 2. The largest absolute Gasteiger partial charge is 0.493 e. The van der Waals surface area contributed by atoms with Gasteiger partial charge in [0.1, 0.15) is 6.61 Å². The zero-order valence-electron chi connectivity index (χ0n) is 15.0. The van der Waals surface area contributed by atoms with Crippen molar-refractivity contribution in [1.29, 1.82) is 0 Å². The molecule has 2 N–H and O–H groups in total. The Bertz CT molecular complexity index is 776. The van der Waals surface area contributed by atoms with Gasteiger partial charge in [0.25, 0.3) is 0 Å². The van der Waals surface area contributed by atoms with Crippen molar-refractivity contribution in [2.24, 2.45) is 0 Å². The van der Waals surface area contributed by atoms with Gasteiger partial charge in [0, 0.05) is 11.3 Å². The van der Waals surface area contributed by atoms with Crippen LogP contribution in [0.25, 0.3) is 0 Å². The van der Waals surface area contributed by atoms with E-state index in [0.717, 1.165) is 0 Å². The SMILES string of the molecule is COc1cccc(OCCNC(=O)Nc2cccc(C(C)=O)c2)c1OC. The van der Waals surface area contributed by atoms with Crippen LogP contribution in [0.2, 0.25) is 0 Å². The molecular formula is C19H22N2O5. The highest BCUT2D eigenvalue weighted by Gasteiger charge is 2.10. The number of ether oxygens (including phenoxy) is 3. The van der Waals surface area contributed by atoms with E-state index in [4.69, 9.17) is 14.2 Å². The third kappa shape index (κ3) is 5.14. The third-order valence-electron chi connectivity index (χ3n) is 3.54. The minimum absolute atomic E-state index is 0.0605. The molecule has 2 aromatic carbocycles. The molecule has 0 unspecified atom stereocenters. The molecule has 0 heterocycles. The van der Waals surface area contributed by atoms with Crippen LogP contribution in [0.3, 0.4) is 0 Å². The third-order valence-corrected chi connectivity index (χ3v) is 3.54. The van der Waals surface area contributed by atoms with E-state index >= 15 is 0 Å². The second-order valence-corrected chi connectivity index (χ2v) is 5.36. The maximum atomic E-state index is 11.9. The van der Waals surface area contributed by atoms with Crippen molar-refractivity contribution < 1.29 is 23.8 Å². The Kier molecular flexibility index (Phi) is 6.84. The number of Topliss-reactive ketones (excluding diaryl/α,β-unsaturated/α-hetero) is 1. The van der Waals surface area contributed by atoms with Crippen LogP contribution in [-0.4, -0.2) is 39.2 Å². The minimum atomic E-state index is -0.382. The van der Waals surface area contributed by atoms with Crippen LogP contribution in [0, 0.1) is 0 Å². The Morgan fingerprint density at radius 1 is 1.00 bits per heavy atom. The van der Waals surface area contributed by atoms with E-state index in [1.54, 1.807) is 49.6 Å². The molecule has 0 spiro atoms. The average molecular weight is 358 g/mol. The molecule has 0 fully saturated rings. The second-order valence-electron chi connectivity index (χ2n) is 5.36. The summed E-state index contributed by atoms with van der Waals surface area (Å²) < 4.78 is 16.1. The van der Waals surface area contributed by atoms with Crippen LogP contribution in [0.4, 0.5) is 10.5 Å². The molecule has 0 aliphatic rings. The standard InChI is InChI=1S/C19H22N2O5/c1-13(22)14-6-4-7-15(12-14)21-19(23)20-10-11-26-17-9-5-8-16(24-2)18(17)25-3/h4-9,12H,10-11H2,1-3H3,(H2,20,21,23). The van der Waals surface area contributed by atoms with E-state index in [1.807, 2.05) is 0 Å². The molecule has 0 radical (unpaired) electrons. The van der Waals surface area contributed by atoms with Crippen molar-refractivity contribution in [2.45, 2.75) is 6.92 Å². The highest BCUT2D eigenvalue weighted by Crippen LogP contribution is 2.36. The number of hydrogen-bond donors (Lipinski definition) is 2. The van der Waals surface area contributed by atoms with Gasteiger partial charge in [0.2, 0.25) is 5.75 Å². The van der Waals surface area contributed by atoms with Crippen molar-refractivity contribution in [3.8, 4) is 17.2 Å². The molecule has 2 aromatic rings. The van der Waals surface area contributed by atoms with Crippen LogP contribution in [0.5, 0.6) is 17.2 Å². The fraction of sp³-hybridized carbons (Fsp3) is 0.263. The lowest BCUT2D eigenvalue weighted by molar-refractivity contribution is 0.101. The van der Waals surface area contributed by atoms with Gasteiger partial charge >= 0.3 is 6.03 Å². The summed E-state index contributed by atoms with van der Waals surface area (Å²) in [5.41, 5.74) is 1.09. The van der Waals surface area contributed by atoms with Crippen LogP contribution >= 0.6 is 0 Å². The van der Waals surface area contributed by atoms with Crippen LogP contribution < -0.4 is 24.8 Å². The molecule has 0 aromatic heterocycles. The number of anilines is 1. The summed E-state index contributed by atoms with van der Waals surface area (Å²) in [6.45, 7) is 2.02. The van der Waals surface area contributed by atoms with E-state index in [9.17, 15) is 9.59 Å². The van der Waals surface area contributed by atoms with E-state index in [1.165, 1.54) is 14.0 Å². The van der Waals surface area contributed by atoms with E-state index < -0.39 is 0 Å². The molecule has 7 nitrogen and oxygen atoms in total. The Labute approximate surface area is 152 Å². The summed E-state index contributed by atoms with van der Waals surface area (Å²) in [7, 11) is 3.08. The maximum Gasteiger partial charge on any atom is 0.319 e. The number of benzene rings is 2. The molecule has 0 atom stereocenters. The van der Waals surface area contributed by atoms with Crippen molar-refractivity contribution in [3.63, 3.8) is 0 Å². The van der Waals surface area contributed by atoms with Crippen LogP contribution in [0.15, 0.2) is 42.5 Å². The van der Waals surface area contributed by atoms with E-state index in [0.29, 0.717) is 35.0 Å². The number of urea groups is 1. The molecular weight excluding hydrogens is 336 g/mol. The molecule has 0 bridgehead atoms. The first-order valence-electron chi connectivity index (χ1n) is 8.04. The number of nitrogens with one attached hydrogen (secondary N) is 2. The topological polar surface area (TPSA) is 85.9 Å². The number of rotatable bonds is 8. The van der Waals surface area contributed by atoms with Crippen molar-refractivity contribution in [2.75, 3.05) is 32.7 Å². The highest BCUT2D eigenvalue weighted by atomic mass is 16.5. The van der Waals surface area contributed by atoms with Gasteiger partial charge in [-0.15, -0.1) is 0 Å². The van der Waals surface area contributed by atoms with Gasteiger partial charge in [-0.25, -0.2) is 4.79 Å². The Morgan fingerprint density at radius 3 is 2.42 bits per heavy atom. The highest BCUT2D eigenvalue weighted by molar-refractivity contribution is 5.96. The number of carbonyl (C=O) groups is 2. The van der Waals surface area contributed by atoms with Gasteiger partial charge in [0.05, 0.1) is 20.8 Å². The normalized spacial score (nSPS) is 9.96. The minimum Gasteiger partial charge on any atom is -0.493 e. The van der Waals surface area contributed by atoms with Gasteiger partial charge in [-0.05, 0) is 31.2 Å². The number of amides is 2. The summed E-state index contributed by atoms with van der Waals surface area (Å²) >= 11 is 0.